The van der Waals surface area contributed by atoms with Gasteiger partial charge >= 0.3 is 0 Å². The van der Waals surface area contributed by atoms with E-state index in [9.17, 15) is 0 Å². The second kappa shape index (κ2) is 8.58. The van der Waals surface area contributed by atoms with Crippen molar-refractivity contribution in [3.8, 4) is 11.8 Å². The van der Waals surface area contributed by atoms with Crippen molar-refractivity contribution in [3.05, 3.63) is 88.2 Å². The maximum atomic E-state index is 9.13. The summed E-state index contributed by atoms with van der Waals surface area (Å²) in [6.07, 6.45) is 1.73. The summed E-state index contributed by atoms with van der Waals surface area (Å²) in [5.74, 6) is 0.520. The van der Waals surface area contributed by atoms with Gasteiger partial charge in [0.05, 0.1) is 17.8 Å². The highest BCUT2D eigenvalue weighted by Crippen LogP contribution is 2.22. The molecule has 0 fully saturated rings. The molecule has 28 heavy (non-hydrogen) atoms. The molecule has 0 N–H and O–H groups in total. The minimum atomic E-state index is 0.273. The number of hydrogen-bond acceptors (Lipinski definition) is 3. The lowest BCUT2D eigenvalue weighted by atomic mass is 10.0. The zero-order valence-corrected chi connectivity index (χ0v) is 16.8. The minimum absolute atomic E-state index is 0.273. The summed E-state index contributed by atoms with van der Waals surface area (Å²) in [6.45, 7) is 8.84. The summed E-state index contributed by atoms with van der Waals surface area (Å²) < 4.78 is 2.22. The molecular weight excluding hydrogens is 346 g/mol. The van der Waals surface area contributed by atoms with Crippen LogP contribution < -0.4 is 0 Å². The lowest BCUT2D eigenvalue weighted by Crippen LogP contribution is -2.00. The van der Waals surface area contributed by atoms with Gasteiger partial charge in [0.2, 0.25) is 0 Å². The molecule has 0 saturated carbocycles. The van der Waals surface area contributed by atoms with Crippen LogP contribution in [0.3, 0.4) is 0 Å². The first kappa shape index (κ1) is 19.4. The summed E-state index contributed by atoms with van der Waals surface area (Å²) >= 11 is 0. The highest BCUT2D eigenvalue weighted by atomic mass is 16.6. The van der Waals surface area contributed by atoms with Gasteiger partial charge < -0.3 is 9.40 Å². The lowest BCUT2D eigenvalue weighted by Gasteiger charge is -2.12. The second-order valence-corrected chi connectivity index (χ2v) is 7.19. The number of nitriles is 1. The number of rotatable bonds is 6. The van der Waals surface area contributed by atoms with Gasteiger partial charge in [0.25, 0.3) is 0 Å². The van der Waals surface area contributed by atoms with Gasteiger partial charge in [-0.2, -0.15) is 5.26 Å². The zero-order valence-electron chi connectivity index (χ0n) is 16.8. The Kier molecular flexibility index (Phi) is 5.96. The molecule has 0 aliphatic carbocycles. The molecule has 3 rings (SSSR count). The Morgan fingerprint density at radius 1 is 1.11 bits per heavy atom. The molecule has 0 aliphatic rings. The van der Waals surface area contributed by atoms with Crippen LogP contribution in [0.5, 0.6) is 0 Å². The number of hydrogen-bond donors (Lipinski definition) is 0. The quantitative estimate of drug-likeness (QED) is 0.416. The third-order valence-electron chi connectivity index (χ3n) is 4.91. The number of aryl methyl sites for hydroxylation is 1. The van der Waals surface area contributed by atoms with Crippen molar-refractivity contribution in [3.63, 3.8) is 0 Å². The molecule has 4 heteroatoms. The van der Waals surface area contributed by atoms with Gasteiger partial charge in [0.15, 0.2) is 0 Å². The highest BCUT2D eigenvalue weighted by Gasteiger charge is 2.10. The molecule has 0 radical (unpaired) electrons. The second-order valence-electron chi connectivity index (χ2n) is 7.19. The molecular formula is C24H25N3O. The van der Waals surface area contributed by atoms with E-state index < -0.39 is 0 Å². The van der Waals surface area contributed by atoms with E-state index >= 15 is 0 Å². The Bertz CT molecular complexity index is 1020. The van der Waals surface area contributed by atoms with E-state index in [1.165, 1.54) is 5.56 Å². The van der Waals surface area contributed by atoms with E-state index in [4.69, 9.17) is 10.1 Å². The van der Waals surface area contributed by atoms with Gasteiger partial charge in [-0.3, -0.25) is 0 Å². The summed E-state index contributed by atoms with van der Waals surface area (Å²) in [7, 11) is 0. The van der Waals surface area contributed by atoms with E-state index in [0.717, 1.165) is 28.2 Å². The fourth-order valence-electron chi connectivity index (χ4n) is 3.28. The van der Waals surface area contributed by atoms with Gasteiger partial charge in [-0.15, -0.1) is 0 Å². The van der Waals surface area contributed by atoms with E-state index in [1.807, 2.05) is 18.2 Å². The Morgan fingerprint density at radius 2 is 1.82 bits per heavy atom. The van der Waals surface area contributed by atoms with Crippen LogP contribution in [-0.2, 0) is 11.4 Å². The monoisotopic (exact) mass is 371 g/mol. The van der Waals surface area contributed by atoms with Gasteiger partial charge in [0, 0.05) is 28.2 Å². The molecule has 0 aliphatic heterocycles. The normalized spacial score (nSPS) is 11.1. The molecule has 3 aromatic rings. The van der Waals surface area contributed by atoms with E-state index in [0.29, 0.717) is 11.5 Å². The zero-order chi connectivity index (χ0) is 20.1. The Labute approximate surface area is 166 Å². The SMILES string of the molecule is Cc1cc(/C=N\OCc2ccccc2C#N)c(C)n1-c1ccc(C(C)C)cc1. The molecule has 1 aromatic heterocycles. The Morgan fingerprint density at radius 3 is 2.50 bits per heavy atom. The largest absolute Gasteiger partial charge is 0.391 e. The third kappa shape index (κ3) is 4.15. The molecule has 0 unspecified atom stereocenters. The molecule has 0 amide bonds. The average Bonchev–Trinajstić information content (AvgIpc) is 2.99. The first-order valence-electron chi connectivity index (χ1n) is 9.44. The third-order valence-corrected chi connectivity index (χ3v) is 4.91. The summed E-state index contributed by atoms with van der Waals surface area (Å²) in [5, 5.41) is 13.2. The minimum Gasteiger partial charge on any atom is -0.391 e. The van der Waals surface area contributed by atoms with Crippen LogP contribution in [0.25, 0.3) is 5.69 Å². The van der Waals surface area contributed by atoms with E-state index in [2.05, 4.69) is 73.8 Å². The molecule has 1 heterocycles. The van der Waals surface area contributed by atoms with Gasteiger partial charge in [-0.25, -0.2) is 0 Å². The van der Waals surface area contributed by atoms with Crippen molar-refractivity contribution in [1.82, 2.24) is 4.57 Å². The van der Waals surface area contributed by atoms with Crippen LogP contribution in [0.2, 0.25) is 0 Å². The maximum absolute atomic E-state index is 9.13. The van der Waals surface area contributed by atoms with E-state index in [-0.39, 0.29) is 6.61 Å². The Hall–Kier alpha value is -3.32. The molecule has 0 saturated heterocycles. The maximum Gasteiger partial charge on any atom is 0.143 e. The number of benzene rings is 2. The van der Waals surface area contributed by atoms with Crippen molar-refractivity contribution >= 4 is 6.21 Å². The van der Waals surface area contributed by atoms with Crippen molar-refractivity contribution < 1.29 is 4.84 Å². The van der Waals surface area contributed by atoms with Crippen LogP contribution in [0, 0.1) is 25.2 Å². The first-order valence-corrected chi connectivity index (χ1v) is 9.44. The highest BCUT2D eigenvalue weighted by molar-refractivity contribution is 5.81. The van der Waals surface area contributed by atoms with Crippen LogP contribution in [0.4, 0.5) is 0 Å². The average molecular weight is 371 g/mol. The van der Waals surface area contributed by atoms with Gasteiger partial charge in [-0.1, -0.05) is 49.3 Å². The molecule has 0 bridgehead atoms. The van der Waals surface area contributed by atoms with E-state index in [1.54, 1.807) is 12.3 Å². The molecule has 2 aromatic carbocycles. The fraction of sp³-hybridized carbons (Fsp3) is 0.250. The summed E-state index contributed by atoms with van der Waals surface area (Å²) in [6, 6.07) is 20.3. The predicted molar refractivity (Wildman–Crippen MR) is 113 cm³/mol. The summed E-state index contributed by atoms with van der Waals surface area (Å²) in [4.78, 5) is 5.43. The number of nitrogens with zero attached hydrogens (tertiary/aromatic N) is 3. The molecule has 142 valence electrons. The smallest absolute Gasteiger partial charge is 0.143 e. The Balaban J connectivity index is 1.74. The van der Waals surface area contributed by atoms with Crippen molar-refractivity contribution in [2.45, 2.75) is 40.2 Å². The molecule has 0 atom stereocenters. The first-order chi connectivity index (χ1) is 13.5. The molecule has 0 spiro atoms. The van der Waals surface area contributed by atoms with Crippen molar-refractivity contribution in [1.29, 1.82) is 5.26 Å². The van der Waals surface area contributed by atoms with Crippen LogP contribution in [0.15, 0.2) is 59.8 Å². The summed E-state index contributed by atoms with van der Waals surface area (Å²) in [5.41, 5.74) is 7.19. The van der Waals surface area contributed by atoms with Crippen LogP contribution in [0.1, 0.15) is 53.4 Å². The van der Waals surface area contributed by atoms with Crippen molar-refractivity contribution in [2.24, 2.45) is 5.16 Å². The van der Waals surface area contributed by atoms with Gasteiger partial charge in [-0.05, 0) is 49.6 Å². The fourth-order valence-corrected chi connectivity index (χ4v) is 3.28. The van der Waals surface area contributed by atoms with Crippen LogP contribution >= 0.6 is 0 Å². The number of oxime groups is 1. The standard InChI is InChI=1S/C24H25N3O/c1-17(2)20-9-11-24(12-10-20)27-18(3)13-23(19(27)4)15-26-28-16-22-8-6-5-7-21(22)14-25/h5-13,15,17H,16H2,1-4H3/b26-15-. The van der Waals surface area contributed by atoms with Crippen molar-refractivity contribution in [2.75, 3.05) is 0 Å². The van der Waals surface area contributed by atoms with Gasteiger partial charge in [0.1, 0.15) is 6.61 Å². The molecule has 4 nitrogen and oxygen atoms in total. The lowest BCUT2D eigenvalue weighted by molar-refractivity contribution is 0.132. The predicted octanol–water partition coefficient (Wildman–Crippen LogP) is 5.64. The number of aromatic nitrogens is 1. The van der Waals surface area contributed by atoms with Crippen LogP contribution in [-0.4, -0.2) is 10.8 Å². The topological polar surface area (TPSA) is 50.3 Å².